The first-order chi connectivity index (χ1) is 6.02. The van der Waals surface area contributed by atoms with Crippen molar-refractivity contribution in [3.8, 4) is 0 Å². The van der Waals surface area contributed by atoms with E-state index in [0.29, 0.717) is 16.9 Å². The van der Waals surface area contributed by atoms with Crippen molar-refractivity contribution in [2.45, 2.75) is 19.3 Å². The summed E-state index contributed by atoms with van der Waals surface area (Å²) in [5.41, 5.74) is 0.347. The Morgan fingerprint density at radius 2 is 1.77 bits per heavy atom. The molecule has 0 radical (unpaired) electrons. The molecule has 2 aliphatic heterocycles. The summed E-state index contributed by atoms with van der Waals surface area (Å²) in [6.07, 6.45) is 2.97. The lowest BCUT2D eigenvalue weighted by Crippen LogP contribution is -2.35. The van der Waals surface area contributed by atoms with E-state index >= 15 is 0 Å². The molecule has 0 unspecified atom stereocenters. The molecule has 0 aliphatic carbocycles. The van der Waals surface area contributed by atoms with Gasteiger partial charge in [0.2, 0.25) is 0 Å². The molecule has 2 aliphatic rings. The molecule has 0 aromatic rings. The number of sulfone groups is 1. The lowest BCUT2D eigenvalue weighted by molar-refractivity contribution is 0.255. The summed E-state index contributed by atoms with van der Waals surface area (Å²) in [6.45, 7) is 2.24. The number of likely N-dealkylation sites (tertiary alicyclic amines) is 1. The molecule has 0 saturated carbocycles. The predicted octanol–water partition coefficient (Wildman–Crippen LogP) is 0.517. The minimum absolute atomic E-state index is 0.347. The topological polar surface area (TPSA) is 37.4 Å². The third-order valence-corrected chi connectivity index (χ3v) is 5.17. The highest BCUT2D eigenvalue weighted by molar-refractivity contribution is 7.91. The van der Waals surface area contributed by atoms with Crippen LogP contribution in [0.2, 0.25) is 0 Å². The largest absolute Gasteiger partial charge is 0.306 e. The summed E-state index contributed by atoms with van der Waals surface area (Å²) >= 11 is 0. The Hall–Kier alpha value is -0.0900. The molecule has 0 amide bonds. The van der Waals surface area contributed by atoms with E-state index in [4.69, 9.17) is 0 Å². The molecule has 2 saturated heterocycles. The second kappa shape index (κ2) is 2.95. The van der Waals surface area contributed by atoms with Gasteiger partial charge >= 0.3 is 0 Å². The summed E-state index contributed by atoms with van der Waals surface area (Å²) in [7, 11) is -0.559. The van der Waals surface area contributed by atoms with Gasteiger partial charge < -0.3 is 4.90 Å². The van der Waals surface area contributed by atoms with Gasteiger partial charge in [0.15, 0.2) is 0 Å². The first-order valence-corrected chi connectivity index (χ1v) is 6.73. The first kappa shape index (κ1) is 9.46. The van der Waals surface area contributed by atoms with Crippen molar-refractivity contribution in [1.82, 2.24) is 4.90 Å². The third-order valence-electron chi connectivity index (χ3n) is 3.52. The molecule has 4 heteroatoms. The van der Waals surface area contributed by atoms with Crippen molar-refractivity contribution < 1.29 is 8.42 Å². The maximum absolute atomic E-state index is 11.3. The van der Waals surface area contributed by atoms with Crippen molar-refractivity contribution in [1.29, 1.82) is 0 Å². The van der Waals surface area contributed by atoms with E-state index < -0.39 is 9.84 Å². The van der Waals surface area contributed by atoms with Gasteiger partial charge in [-0.15, -0.1) is 0 Å². The van der Waals surface area contributed by atoms with Crippen LogP contribution < -0.4 is 0 Å². The van der Waals surface area contributed by atoms with Gasteiger partial charge in [0.05, 0.1) is 11.5 Å². The van der Waals surface area contributed by atoms with Crippen LogP contribution in [0.25, 0.3) is 0 Å². The van der Waals surface area contributed by atoms with Crippen LogP contribution in [0.4, 0.5) is 0 Å². The van der Waals surface area contributed by atoms with Crippen LogP contribution in [0.5, 0.6) is 0 Å². The Bertz CT molecular complexity index is 283. The average molecular weight is 203 g/mol. The molecule has 2 fully saturated rings. The molecule has 0 aromatic carbocycles. The maximum Gasteiger partial charge on any atom is 0.150 e. The zero-order valence-electron chi connectivity index (χ0n) is 8.12. The zero-order chi connectivity index (χ0) is 9.53. The van der Waals surface area contributed by atoms with E-state index in [1.54, 1.807) is 0 Å². The molecular formula is C9H17NO2S. The molecule has 0 aromatic heterocycles. The van der Waals surface area contributed by atoms with Crippen LogP contribution in [0.3, 0.4) is 0 Å². The number of hydrogen-bond acceptors (Lipinski definition) is 3. The molecule has 76 valence electrons. The second-order valence-corrected chi connectivity index (χ2v) is 6.94. The van der Waals surface area contributed by atoms with E-state index in [0.717, 1.165) is 25.9 Å². The third kappa shape index (κ3) is 1.89. The summed E-state index contributed by atoms with van der Waals surface area (Å²) < 4.78 is 22.5. The van der Waals surface area contributed by atoms with Gasteiger partial charge in [0, 0.05) is 6.54 Å². The smallest absolute Gasteiger partial charge is 0.150 e. The Morgan fingerprint density at radius 3 is 2.23 bits per heavy atom. The van der Waals surface area contributed by atoms with Crippen molar-refractivity contribution in [2.24, 2.45) is 5.41 Å². The molecule has 3 nitrogen and oxygen atoms in total. The molecule has 2 rings (SSSR count). The molecule has 13 heavy (non-hydrogen) atoms. The van der Waals surface area contributed by atoms with Gasteiger partial charge in [-0.25, -0.2) is 8.42 Å². The minimum atomic E-state index is -2.68. The van der Waals surface area contributed by atoms with Crippen molar-refractivity contribution in [3.05, 3.63) is 0 Å². The lowest BCUT2D eigenvalue weighted by Gasteiger charge is -2.32. The fraction of sp³-hybridized carbons (Fsp3) is 1.00. The molecule has 0 atom stereocenters. The standard InChI is InChI=1S/C9H17NO2S/c1-10-5-2-9(8-10)3-6-13(11,12)7-4-9/h2-8H2,1H3. The molecular weight excluding hydrogens is 186 g/mol. The van der Waals surface area contributed by atoms with Gasteiger partial charge in [-0.2, -0.15) is 0 Å². The Labute approximate surface area is 80.0 Å². The van der Waals surface area contributed by atoms with E-state index in [-0.39, 0.29) is 0 Å². The quantitative estimate of drug-likeness (QED) is 0.576. The molecule has 0 bridgehead atoms. The Balaban J connectivity index is 2.05. The van der Waals surface area contributed by atoms with Gasteiger partial charge in [0.1, 0.15) is 9.84 Å². The zero-order valence-corrected chi connectivity index (χ0v) is 8.94. The summed E-state index contributed by atoms with van der Waals surface area (Å²) in [5.74, 6) is 0.835. The Kier molecular flexibility index (Phi) is 2.15. The summed E-state index contributed by atoms with van der Waals surface area (Å²) in [5, 5.41) is 0. The highest BCUT2D eigenvalue weighted by Crippen LogP contribution is 2.40. The highest BCUT2D eigenvalue weighted by Gasteiger charge is 2.41. The highest BCUT2D eigenvalue weighted by atomic mass is 32.2. The van der Waals surface area contributed by atoms with Crippen LogP contribution in [0, 0.1) is 5.41 Å². The van der Waals surface area contributed by atoms with E-state index in [1.165, 1.54) is 6.42 Å². The normalized spacial score (nSPS) is 32.4. The minimum Gasteiger partial charge on any atom is -0.306 e. The first-order valence-electron chi connectivity index (χ1n) is 4.90. The number of rotatable bonds is 0. The molecule has 1 spiro atoms. The van der Waals surface area contributed by atoms with Crippen LogP contribution in [-0.2, 0) is 9.84 Å². The second-order valence-electron chi connectivity index (χ2n) is 4.64. The Morgan fingerprint density at radius 1 is 1.15 bits per heavy atom. The van der Waals surface area contributed by atoms with Crippen LogP contribution in [-0.4, -0.2) is 45.0 Å². The monoisotopic (exact) mass is 203 g/mol. The van der Waals surface area contributed by atoms with Gasteiger partial charge in [-0.1, -0.05) is 0 Å². The fourth-order valence-electron chi connectivity index (χ4n) is 2.54. The number of nitrogens with zero attached hydrogens (tertiary/aromatic N) is 1. The van der Waals surface area contributed by atoms with E-state index in [9.17, 15) is 8.42 Å². The van der Waals surface area contributed by atoms with Gasteiger partial charge in [-0.3, -0.25) is 0 Å². The average Bonchev–Trinajstić information content (AvgIpc) is 2.41. The van der Waals surface area contributed by atoms with Crippen molar-refractivity contribution >= 4 is 9.84 Å². The van der Waals surface area contributed by atoms with Crippen molar-refractivity contribution in [2.75, 3.05) is 31.6 Å². The van der Waals surface area contributed by atoms with Crippen LogP contribution in [0.15, 0.2) is 0 Å². The number of hydrogen-bond donors (Lipinski definition) is 0. The maximum atomic E-state index is 11.3. The van der Waals surface area contributed by atoms with Crippen molar-refractivity contribution in [3.63, 3.8) is 0 Å². The fourth-order valence-corrected chi connectivity index (χ4v) is 4.23. The lowest BCUT2D eigenvalue weighted by atomic mass is 9.81. The van der Waals surface area contributed by atoms with Crippen LogP contribution >= 0.6 is 0 Å². The summed E-state index contributed by atoms with van der Waals surface area (Å²) in [4.78, 5) is 2.32. The molecule has 2 heterocycles. The van der Waals surface area contributed by atoms with Gasteiger partial charge in [0.25, 0.3) is 0 Å². The van der Waals surface area contributed by atoms with E-state index in [1.807, 2.05) is 0 Å². The molecule has 0 N–H and O–H groups in total. The van der Waals surface area contributed by atoms with Gasteiger partial charge in [-0.05, 0) is 38.3 Å². The van der Waals surface area contributed by atoms with E-state index in [2.05, 4.69) is 11.9 Å². The predicted molar refractivity (Wildman–Crippen MR) is 52.4 cm³/mol. The SMILES string of the molecule is CN1CCC2(CCS(=O)(=O)CC2)C1. The van der Waals surface area contributed by atoms with Crippen LogP contribution in [0.1, 0.15) is 19.3 Å². The summed E-state index contributed by atoms with van der Waals surface area (Å²) in [6, 6.07) is 0.